The molecule has 1 atom stereocenters. The Balaban J connectivity index is 1.49. The van der Waals surface area contributed by atoms with Gasteiger partial charge in [0.05, 0.1) is 18.0 Å². The number of esters is 1. The molecule has 1 aromatic heterocycles. The SMILES string of the molecule is C[C@H](NC(=O)COC(=O)CCn1c(=O)oc2ccccc21)c1ccccc1Cl. The highest BCUT2D eigenvalue weighted by Gasteiger charge is 2.15. The molecule has 8 heteroatoms. The van der Waals surface area contributed by atoms with Crippen LogP contribution in [0.25, 0.3) is 11.1 Å². The van der Waals surface area contributed by atoms with Crippen LogP contribution in [0.5, 0.6) is 0 Å². The number of fused-ring (bicyclic) bond motifs is 1. The number of benzene rings is 2. The molecule has 1 N–H and O–H groups in total. The number of aromatic nitrogens is 1. The third-order valence-electron chi connectivity index (χ3n) is 4.23. The highest BCUT2D eigenvalue weighted by molar-refractivity contribution is 6.31. The average Bonchev–Trinajstić information content (AvgIpc) is 3.00. The smallest absolute Gasteiger partial charge is 0.419 e. The molecule has 2 aromatic carbocycles. The second kappa shape index (κ2) is 8.75. The van der Waals surface area contributed by atoms with Crippen LogP contribution in [0.15, 0.2) is 57.7 Å². The summed E-state index contributed by atoms with van der Waals surface area (Å²) in [6.45, 7) is 1.48. The van der Waals surface area contributed by atoms with Gasteiger partial charge in [0.25, 0.3) is 5.91 Å². The van der Waals surface area contributed by atoms with E-state index in [1.54, 1.807) is 43.3 Å². The van der Waals surface area contributed by atoms with Gasteiger partial charge < -0.3 is 14.5 Å². The summed E-state index contributed by atoms with van der Waals surface area (Å²) in [6.07, 6.45) is -0.0587. The zero-order chi connectivity index (χ0) is 20.1. The summed E-state index contributed by atoms with van der Waals surface area (Å²) in [6, 6.07) is 13.8. The van der Waals surface area contributed by atoms with E-state index in [-0.39, 0.29) is 19.0 Å². The van der Waals surface area contributed by atoms with Gasteiger partial charge in [0.1, 0.15) is 0 Å². The third kappa shape index (κ3) is 4.61. The molecule has 0 spiro atoms. The van der Waals surface area contributed by atoms with Crippen molar-refractivity contribution >= 4 is 34.6 Å². The monoisotopic (exact) mass is 402 g/mol. The summed E-state index contributed by atoms with van der Waals surface area (Å²) in [7, 11) is 0. The first kappa shape index (κ1) is 19.7. The first-order chi connectivity index (χ1) is 13.5. The van der Waals surface area contributed by atoms with Crippen LogP contribution in [0.1, 0.15) is 24.9 Å². The molecular formula is C20H19ClN2O5. The number of nitrogens with one attached hydrogen (secondary N) is 1. The molecule has 1 heterocycles. The van der Waals surface area contributed by atoms with Gasteiger partial charge in [0.2, 0.25) is 0 Å². The van der Waals surface area contributed by atoms with Gasteiger partial charge in [0.15, 0.2) is 12.2 Å². The highest BCUT2D eigenvalue weighted by Crippen LogP contribution is 2.21. The predicted octanol–water partition coefficient (Wildman–Crippen LogP) is 3.06. The third-order valence-corrected chi connectivity index (χ3v) is 4.57. The first-order valence-corrected chi connectivity index (χ1v) is 9.11. The molecule has 28 heavy (non-hydrogen) atoms. The Morgan fingerprint density at radius 3 is 2.68 bits per heavy atom. The van der Waals surface area contributed by atoms with Gasteiger partial charge in [-0.1, -0.05) is 41.9 Å². The van der Waals surface area contributed by atoms with Crippen molar-refractivity contribution < 1.29 is 18.7 Å². The van der Waals surface area contributed by atoms with Crippen molar-refractivity contribution in [3.05, 3.63) is 69.7 Å². The van der Waals surface area contributed by atoms with Gasteiger partial charge in [-0.05, 0) is 30.7 Å². The van der Waals surface area contributed by atoms with Crippen LogP contribution >= 0.6 is 11.6 Å². The van der Waals surface area contributed by atoms with Gasteiger partial charge in [-0.15, -0.1) is 0 Å². The second-order valence-electron chi connectivity index (χ2n) is 6.21. The number of nitrogens with zero attached hydrogens (tertiary/aromatic N) is 1. The van der Waals surface area contributed by atoms with Gasteiger partial charge in [-0.3, -0.25) is 14.2 Å². The van der Waals surface area contributed by atoms with E-state index in [1.165, 1.54) is 4.57 Å². The largest absolute Gasteiger partial charge is 0.456 e. The fourth-order valence-corrected chi connectivity index (χ4v) is 3.13. The molecule has 0 aliphatic carbocycles. The number of carbonyl (C=O) groups is 2. The predicted molar refractivity (Wildman–Crippen MR) is 104 cm³/mol. The van der Waals surface area contributed by atoms with Crippen LogP contribution in [-0.2, 0) is 20.9 Å². The lowest BCUT2D eigenvalue weighted by atomic mass is 10.1. The second-order valence-corrected chi connectivity index (χ2v) is 6.62. The number of rotatable bonds is 7. The van der Waals surface area contributed by atoms with Crippen LogP contribution < -0.4 is 11.1 Å². The first-order valence-electron chi connectivity index (χ1n) is 8.73. The van der Waals surface area contributed by atoms with E-state index < -0.39 is 24.2 Å². The van der Waals surface area contributed by atoms with Crippen molar-refractivity contribution in [2.45, 2.75) is 25.9 Å². The number of aryl methyl sites for hydroxylation is 1. The number of ether oxygens (including phenoxy) is 1. The van der Waals surface area contributed by atoms with E-state index in [0.717, 1.165) is 5.56 Å². The van der Waals surface area contributed by atoms with E-state index in [4.69, 9.17) is 20.8 Å². The maximum absolute atomic E-state index is 12.0. The average molecular weight is 403 g/mol. The zero-order valence-corrected chi connectivity index (χ0v) is 15.9. The van der Waals surface area contributed by atoms with Crippen molar-refractivity contribution in [1.82, 2.24) is 9.88 Å². The molecule has 0 saturated carbocycles. The minimum absolute atomic E-state index is 0.0587. The van der Waals surface area contributed by atoms with Crippen molar-refractivity contribution in [3.63, 3.8) is 0 Å². The van der Waals surface area contributed by atoms with Crippen LogP contribution in [-0.4, -0.2) is 23.1 Å². The van der Waals surface area contributed by atoms with Gasteiger partial charge in [0, 0.05) is 11.6 Å². The number of halogens is 1. The van der Waals surface area contributed by atoms with Crippen molar-refractivity contribution in [2.24, 2.45) is 0 Å². The van der Waals surface area contributed by atoms with E-state index in [1.807, 2.05) is 12.1 Å². The lowest BCUT2D eigenvalue weighted by Gasteiger charge is -2.15. The maximum Gasteiger partial charge on any atom is 0.419 e. The standard InChI is InChI=1S/C20H19ClN2O5/c1-13(14-6-2-3-7-15(14)21)22-18(24)12-27-19(25)10-11-23-16-8-4-5-9-17(16)28-20(23)26/h2-9,13H,10-12H2,1H3,(H,22,24)/t13-/m0/s1. The van der Waals surface area contributed by atoms with Crippen LogP contribution in [0.3, 0.4) is 0 Å². The Morgan fingerprint density at radius 1 is 1.18 bits per heavy atom. The molecule has 7 nitrogen and oxygen atoms in total. The Hall–Kier alpha value is -3.06. The fraction of sp³-hybridized carbons (Fsp3) is 0.250. The molecule has 3 rings (SSSR count). The number of hydrogen-bond donors (Lipinski definition) is 1. The van der Waals surface area contributed by atoms with Crippen molar-refractivity contribution in [2.75, 3.05) is 6.61 Å². The Labute approximate surface area is 165 Å². The molecule has 0 unspecified atom stereocenters. The Morgan fingerprint density at radius 2 is 1.89 bits per heavy atom. The fourth-order valence-electron chi connectivity index (χ4n) is 2.83. The normalized spacial score (nSPS) is 11.9. The minimum Gasteiger partial charge on any atom is -0.456 e. The lowest BCUT2D eigenvalue weighted by Crippen LogP contribution is -2.31. The quantitative estimate of drug-likeness (QED) is 0.613. The van der Waals surface area contributed by atoms with E-state index in [0.29, 0.717) is 16.1 Å². The Kier molecular flexibility index (Phi) is 6.16. The van der Waals surface area contributed by atoms with E-state index >= 15 is 0 Å². The summed E-state index contributed by atoms with van der Waals surface area (Å²) < 4.78 is 11.5. The number of carbonyl (C=O) groups excluding carboxylic acids is 2. The molecular weight excluding hydrogens is 384 g/mol. The summed E-state index contributed by atoms with van der Waals surface area (Å²) in [5.41, 5.74) is 1.83. The van der Waals surface area contributed by atoms with Gasteiger partial charge >= 0.3 is 11.7 Å². The van der Waals surface area contributed by atoms with Crippen molar-refractivity contribution in [3.8, 4) is 0 Å². The molecule has 3 aromatic rings. The lowest BCUT2D eigenvalue weighted by molar-refractivity contribution is -0.148. The molecule has 0 aliphatic heterocycles. The van der Waals surface area contributed by atoms with Crippen LogP contribution in [0, 0.1) is 0 Å². The molecule has 1 amide bonds. The molecule has 0 fully saturated rings. The van der Waals surface area contributed by atoms with E-state index in [9.17, 15) is 14.4 Å². The van der Waals surface area contributed by atoms with Gasteiger partial charge in [-0.25, -0.2) is 4.79 Å². The number of para-hydroxylation sites is 2. The van der Waals surface area contributed by atoms with Gasteiger partial charge in [-0.2, -0.15) is 0 Å². The molecule has 0 radical (unpaired) electrons. The Bertz CT molecular complexity index is 1060. The minimum atomic E-state index is -0.585. The summed E-state index contributed by atoms with van der Waals surface area (Å²) in [5, 5.41) is 3.27. The zero-order valence-electron chi connectivity index (χ0n) is 15.2. The summed E-state index contributed by atoms with van der Waals surface area (Å²) >= 11 is 6.10. The maximum atomic E-state index is 12.0. The van der Waals surface area contributed by atoms with Crippen molar-refractivity contribution in [1.29, 1.82) is 0 Å². The summed E-state index contributed by atoms with van der Waals surface area (Å²) in [4.78, 5) is 35.8. The van der Waals surface area contributed by atoms with E-state index in [2.05, 4.69) is 5.32 Å². The molecule has 0 saturated heterocycles. The van der Waals surface area contributed by atoms with Crippen LogP contribution in [0.2, 0.25) is 5.02 Å². The molecule has 0 aliphatic rings. The number of amides is 1. The number of hydrogen-bond acceptors (Lipinski definition) is 5. The molecule has 146 valence electrons. The topological polar surface area (TPSA) is 90.5 Å². The summed E-state index contributed by atoms with van der Waals surface area (Å²) in [5.74, 6) is -1.57. The van der Waals surface area contributed by atoms with Crippen LogP contribution in [0.4, 0.5) is 0 Å². The highest BCUT2D eigenvalue weighted by atomic mass is 35.5. The molecule has 0 bridgehead atoms. The number of oxazole rings is 1.